The second-order valence-electron chi connectivity index (χ2n) is 9.83. The number of halogens is 1. The summed E-state index contributed by atoms with van der Waals surface area (Å²) in [5.41, 5.74) is -0.452. The molecule has 7 nitrogen and oxygen atoms in total. The van der Waals surface area contributed by atoms with Crippen molar-refractivity contribution in [1.29, 1.82) is 0 Å². The van der Waals surface area contributed by atoms with Crippen molar-refractivity contribution in [3.05, 3.63) is 11.6 Å². The minimum Gasteiger partial charge on any atom is -0.458 e. The Morgan fingerprint density at radius 2 is 2.07 bits per heavy atom. The van der Waals surface area contributed by atoms with Gasteiger partial charge in [-0.2, -0.15) is 0 Å². The van der Waals surface area contributed by atoms with Crippen molar-refractivity contribution in [1.82, 2.24) is 0 Å². The van der Waals surface area contributed by atoms with Crippen LogP contribution in [0, 0.1) is 22.7 Å². The molecule has 2 aliphatic carbocycles. The third-order valence-electron chi connectivity index (χ3n) is 8.36. The summed E-state index contributed by atoms with van der Waals surface area (Å²) in [4.78, 5) is 24.0. The van der Waals surface area contributed by atoms with Crippen molar-refractivity contribution in [3.8, 4) is 0 Å². The molecule has 0 bridgehead atoms. The van der Waals surface area contributed by atoms with Crippen molar-refractivity contribution < 1.29 is 34.0 Å². The van der Waals surface area contributed by atoms with E-state index < -0.39 is 23.6 Å². The average molecular weight is 534 g/mol. The molecule has 0 amide bonds. The number of allylic oxidation sites excluding steroid dienone is 1. The Morgan fingerprint density at radius 3 is 2.70 bits per heavy atom. The molecule has 4 rings (SSSR count). The Hall–Kier alpha value is -0.710. The summed E-state index contributed by atoms with van der Waals surface area (Å²) < 4.78 is 16.7. The van der Waals surface area contributed by atoms with Crippen LogP contribution in [0.2, 0.25) is 0 Å². The number of cyclic esters (lactones) is 1. The van der Waals surface area contributed by atoms with Crippen LogP contribution in [0.5, 0.6) is 0 Å². The first-order valence-corrected chi connectivity index (χ1v) is 12.3. The smallest absolute Gasteiger partial charge is 0.337 e. The molecular formula is C22H31IO7. The van der Waals surface area contributed by atoms with Crippen LogP contribution in [0.15, 0.2) is 11.6 Å². The van der Waals surface area contributed by atoms with E-state index in [-0.39, 0.29) is 46.5 Å². The van der Waals surface area contributed by atoms with Gasteiger partial charge in [-0.3, -0.25) is 4.79 Å². The molecular weight excluding hydrogens is 503 g/mol. The van der Waals surface area contributed by atoms with Gasteiger partial charge in [0.05, 0.1) is 34.9 Å². The largest absolute Gasteiger partial charge is 0.458 e. The van der Waals surface area contributed by atoms with Gasteiger partial charge in [0.1, 0.15) is 6.61 Å². The molecule has 0 aromatic carbocycles. The highest BCUT2D eigenvalue weighted by Gasteiger charge is 2.66. The van der Waals surface area contributed by atoms with Gasteiger partial charge in [0.2, 0.25) is 0 Å². The second kappa shape index (κ2) is 8.01. The summed E-state index contributed by atoms with van der Waals surface area (Å²) in [5, 5.41) is 20.9. The number of hydrogen-bond donors (Lipinski definition) is 2. The lowest BCUT2D eigenvalue weighted by Crippen LogP contribution is -2.60. The maximum Gasteiger partial charge on any atom is 0.337 e. The molecule has 30 heavy (non-hydrogen) atoms. The van der Waals surface area contributed by atoms with Gasteiger partial charge >= 0.3 is 11.9 Å². The van der Waals surface area contributed by atoms with Gasteiger partial charge in [0.25, 0.3) is 0 Å². The Bertz CT molecular complexity index is 748. The Labute approximate surface area is 190 Å². The zero-order valence-electron chi connectivity index (χ0n) is 17.6. The van der Waals surface area contributed by atoms with Gasteiger partial charge in [0.15, 0.2) is 6.10 Å². The van der Waals surface area contributed by atoms with Crippen molar-refractivity contribution in [2.24, 2.45) is 22.7 Å². The van der Waals surface area contributed by atoms with Crippen molar-refractivity contribution in [3.63, 3.8) is 0 Å². The molecule has 0 radical (unpaired) electrons. The predicted octanol–water partition coefficient (Wildman–Crippen LogP) is 2.16. The SMILES string of the molecule is C[C@]1(CO)[C@H]2CC[C@@]3(CO3)[C@@H](C/C=C3/C(=O)OC[C@H]3OC(=O)CI)[C@]2(C)CC[C@H]1O. The van der Waals surface area contributed by atoms with Gasteiger partial charge in [-0.15, -0.1) is 0 Å². The number of aliphatic hydroxyl groups is 2. The van der Waals surface area contributed by atoms with E-state index in [1.165, 1.54) is 0 Å². The molecule has 2 heterocycles. The van der Waals surface area contributed by atoms with Crippen LogP contribution in [0.3, 0.4) is 0 Å². The van der Waals surface area contributed by atoms with E-state index in [2.05, 4.69) is 6.92 Å². The molecule has 1 spiro atoms. The first kappa shape index (κ1) is 22.5. The number of epoxide rings is 1. The van der Waals surface area contributed by atoms with Crippen LogP contribution in [0.4, 0.5) is 0 Å². The monoisotopic (exact) mass is 534 g/mol. The number of ether oxygens (including phenoxy) is 3. The third kappa shape index (κ3) is 3.51. The third-order valence-corrected chi connectivity index (χ3v) is 8.98. The number of rotatable bonds is 5. The van der Waals surface area contributed by atoms with Gasteiger partial charge < -0.3 is 24.4 Å². The van der Waals surface area contributed by atoms with Gasteiger partial charge in [-0.25, -0.2) is 4.79 Å². The van der Waals surface area contributed by atoms with Crippen molar-refractivity contribution in [2.45, 2.75) is 63.8 Å². The number of carbonyl (C=O) groups is 2. The van der Waals surface area contributed by atoms with E-state index >= 15 is 0 Å². The summed E-state index contributed by atoms with van der Waals surface area (Å²) in [6.45, 7) is 4.97. The van der Waals surface area contributed by atoms with Crippen LogP contribution >= 0.6 is 22.6 Å². The van der Waals surface area contributed by atoms with Crippen LogP contribution in [0.1, 0.15) is 46.0 Å². The predicted molar refractivity (Wildman–Crippen MR) is 116 cm³/mol. The number of aliphatic hydroxyl groups excluding tert-OH is 2. The van der Waals surface area contributed by atoms with Gasteiger partial charge in [0, 0.05) is 5.41 Å². The highest BCUT2D eigenvalue weighted by Crippen LogP contribution is 2.66. The van der Waals surface area contributed by atoms with E-state index in [0.717, 1.165) is 19.3 Å². The fraction of sp³-hybridized carbons (Fsp3) is 0.818. The fourth-order valence-corrected chi connectivity index (χ4v) is 6.70. The molecule has 2 saturated carbocycles. The molecule has 0 aromatic rings. The van der Waals surface area contributed by atoms with E-state index in [1.807, 2.05) is 35.6 Å². The number of esters is 2. The van der Waals surface area contributed by atoms with Crippen LogP contribution in [-0.4, -0.2) is 64.2 Å². The summed E-state index contributed by atoms with van der Waals surface area (Å²) in [7, 11) is 0. The van der Waals surface area contributed by atoms with Crippen LogP contribution < -0.4 is 0 Å². The minimum absolute atomic E-state index is 0.0449. The Balaban J connectivity index is 1.61. The topological polar surface area (TPSA) is 106 Å². The minimum atomic E-state index is -0.654. The molecule has 8 heteroatoms. The van der Waals surface area contributed by atoms with Gasteiger partial charge in [-0.05, 0) is 49.4 Å². The first-order valence-electron chi connectivity index (χ1n) is 10.8. The first-order chi connectivity index (χ1) is 14.2. The quantitative estimate of drug-likeness (QED) is 0.183. The number of hydrogen-bond acceptors (Lipinski definition) is 7. The van der Waals surface area contributed by atoms with E-state index in [4.69, 9.17) is 14.2 Å². The lowest BCUT2D eigenvalue weighted by Gasteiger charge is -2.60. The van der Waals surface area contributed by atoms with Crippen LogP contribution in [0.25, 0.3) is 0 Å². The number of alkyl halides is 1. The molecule has 2 saturated heterocycles. The summed E-state index contributed by atoms with van der Waals surface area (Å²) in [5.74, 6) is -0.468. The molecule has 4 aliphatic rings. The van der Waals surface area contributed by atoms with E-state index in [1.54, 1.807) is 0 Å². The molecule has 168 valence electrons. The highest BCUT2D eigenvalue weighted by atomic mass is 127. The molecule has 0 unspecified atom stereocenters. The fourth-order valence-electron chi connectivity index (χ4n) is 6.52. The summed E-state index contributed by atoms with van der Waals surface area (Å²) in [6.07, 6.45) is 4.62. The van der Waals surface area contributed by atoms with Crippen LogP contribution in [-0.2, 0) is 23.8 Å². The Kier molecular flexibility index (Phi) is 6.00. The van der Waals surface area contributed by atoms with E-state index in [9.17, 15) is 19.8 Å². The Morgan fingerprint density at radius 1 is 1.33 bits per heavy atom. The normalized spacial score (nSPS) is 46.6. The molecule has 0 aromatic heterocycles. The average Bonchev–Trinajstić information content (AvgIpc) is 3.42. The molecule has 2 N–H and O–H groups in total. The second-order valence-corrected chi connectivity index (χ2v) is 10.6. The highest BCUT2D eigenvalue weighted by molar-refractivity contribution is 14.1. The van der Waals surface area contributed by atoms with Crippen molar-refractivity contribution >= 4 is 34.5 Å². The maximum absolute atomic E-state index is 12.3. The van der Waals surface area contributed by atoms with Gasteiger partial charge in [-0.1, -0.05) is 42.5 Å². The molecule has 2 aliphatic heterocycles. The molecule has 4 fully saturated rings. The molecule has 7 atom stereocenters. The lowest BCUT2D eigenvalue weighted by atomic mass is 9.45. The number of carbonyl (C=O) groups excluding carboxylic acids is 2. The standard InChI is InChI=1S/C22H31IO7/c1-20-7-6-17(25)21(2,11-24)15(20)5-8-22(12-29-22)16(20)4-3-13-14(10-28-19(13)27)30-18(26)9-23/h3,14-17,24-25H,4-12H2,1-2H3/b13-3+/t14-,15+,16+,17-,20-,21+,22-/m1/s1. The number of fused-ring (bicyclic) bond motifs is 1. The summed E-state index contributed by atoms with van der Waals surface area (Å²) in [6, 6.07) is 0. The maximum atomic E-state index is 12.3. The summed E-state index contributed by atoms with van der Waals surface area (Å²) >= 11 is 1.94. The zero-order valence-corrected chi connectivity index (χ0v) is 19.7. The zero-order chi connectivity index (χ0) is 21.7. The lowest BCUT2D eigenvalue weighted by molar-refractivity contribution is -0.175. The van der Waals surface area contributed by atoms with Crippen molar-refractivity contribution in [2.75, 3.05) is 24.2 Å². The van der Waals surface area contributed by atoms with E-state index in [0.29, 0.717) is 25.0 Å².